The number of hydrogen-bond acceptors (Lipinski definition) is 3. The molecule has 0 saturated carbocycles. The molecule has 0 atom stereocenters. The minimum Gasteiger partial charge on any atom is -0.484 e. The van der Waals surface area contributed by atoms with E-state index in [2.05, 4.69) is 16.7 Å². The maximum Gasteiger partial charge on any atom is 0.257 e. The van der Waals surface area contributed by atoms with Crippen LogP contribution in [0.1, 0.15) is 23.1 Å². The highest BCUT2D eigenvalue weighted by molar-refractivity contribution is 5.93. The van der Waals surface area contributed by atoms with Crippen molar-refractivity contribution in [2.75, 3.05) is 18.5 Å². The number of hydrogen-bond donors (Lipinski definition) is 2. The van der Waals surface area contributed by atoms with Crippen molar-refractivity contribution in [1.29, 1.82) is 0 Å². The topological polar surface area (TPSA) is 67.4 Å². The van der Waals surface area contributed by atoms with Crippen molar-refractivity contribution >= 4 is 17.5 Å². The number of rotatable bonds is 6. The van der Waals surface area contributed by atoms with Gasteiger partial charge in [0.15, 0.2) is 6.61 Å². The molecular formula is C20H22N2O3. The number of anilines is 1. The van der Waals surface area contributed by atoms with Crippen molar-refractivity contribution in [2.24, 2.45) is 0 Å². The van der Waals surface area contributed by atoms with Gasteiger partial charge in [0.2, 0.25) is 5.91 Å². The van der Waals surface area contributed by atoms with Crippen LogP contribution in [0.4, 0.5) is 5.69 Å². The second-order valence-electron chi connectivity index (χ2n) is 6.24. The Bertz CT molecular complexity index is 769. The molecule has 0 saturated heterocycles. The lowest BCUT2D eigenvalue weighted by Gasteiger charge is -2.17. The molecule has 0 aliphatic carbocycles. The Balaban J connectivity index is 1.42. The van der Waals surface area contributed by atoms with Crippen LogP contribution in [0.3, 0.4) is 0 Å². The third-order valence-electron chi connectivity index (χ3n) is 4.19. The first-order valence-corrected chi connectivity index (χ1v) is 8.48. The van der Waals surface area contributed by atoms with Gasteiger partial charge in [-0.05, 0) is 49.1 Å². The SMILES string of the molecule is Cc1ccc(OCC(=O)NCCc2ccc3c(c2)CCC(=O)N3)cc1. The molecular weight excluding hydrogens is 316 g/mol. The Kier molecular flexibility index (Phi) is 5.33. The fraction of sp³-hybridized carbons (Fsp3) is 0.300. The Labute approximate surface area is 147 Å². The van der Waals surface area contributed by atoms with Crippen molar-refractivity contribution in [3.8, 4) is 5.75 Å². The lowest BCUT2D eigenvalue weighted by molar-refractivity contribution is -0.123. The molecule has 0 bridgehead atoms. The van der Waals surface area contributed by atoms with Crippen LogP contribution in [0.2, 0.25) is 0 Å². The van der Waals surface area contributed by atoms with Gasteiger partial charge in [0.05, 0.1) is 0 Å². The summed E-state index contributed by atoms with van der Waals surface area (Å²) in [5.41, 5.74) is 4.36. The molecule has 0 radical (unpaired) electrons. The molecule has 130 valence electrons. The highest BCUT2D eigenvalue weighted by Gasteiger charge is 2.14. The van der Waals surface area contributed by atoms with E-state index in [0.717, 1.165) is 35.2 Å². The Morgan fingerprint density at radius 3 is 2.76 bits per heavy atom. The molecule has 1 aliphatic rings. The van der Waals surface area contributed by atoms with Crippen LogP contribution >= 0.6 is 0 Å². The molecule has 3 rings (SSSR count). The minimum absolute atomic E-state index is 0.0132. The molecule has 1 heterocycles. The van der Waals surface area contributed by atoms with E-state index in [-0.39, 0.29) is 18.4 Å². The van der Waals surface area contributed by atoms with Gasteiger partial charge in [-0.25, -0.2) is 0 Å². The van der Waals surface area contributed by atoms with Gasteiger partial charge in [-0.15, -0.1) is 0 Å². The first-order valence-electron chi connectivity index (χ1n) is 8.48. The summed E-state index contributed by atoms with van der Waals surface area (Å²) in [6, 6.07) is 13.6. The largest absolute Gasteiger partial charge is 0.484 e. The molecule has 25 heavy (non-hydrogen) atoms. The van der Waals surface area contributed by atoms with Gasteiger partial charge in [0, 0.05) is 18.7 Å². The molecule has 0 spiro atoms. The fourth-order valence-corrected chi connectivity index (χ4v) is 2.77. The zero-order valence-corrected chi connectivity index (χ0v) is 14.3. The standard InChI is InChI=1S/C20H22N2O3/c1-14-2-6-17(7-3-14)25-13-20(24)21-11-10-15-4-8-18-16(12-15)5-9-19(23)22-18/h2-4,6-8,12H,5,9-11,13H2,1H3,(H,21,24)(H,22,23). The number of carbonyl (C=O) groups is 2. The maximum atomic E-state index is 11.9. The van der Waals surface area contributed by atoms with Crippen LogP contribution in [0.25, 0.3) is 0 Å². The zero-order valence-electron chi connectivity index (χ0n) is 14.3. The fourth-order valence-electron chi connectivity index (χ4n) is 2.77. The van der Waals surface area contributed by atoms with E-state index in [1.807, 2.05) is 43.3 Å². The lowest BCUT2D eigenvalue weighted by atomic mass is 9.99. The van der Waals surface area contributed by atoms with Gasteiger partial charge >= 0.3 is 0 Å². The number of nitrogens with one attached hydrogen (secondary N) is 2. The molecule has 0 fully saturated rings. The van der Waals surface area contributed by atoms with E-state index in [1.165, 1.54) is 0 Å². The van der Waals surface area contributed by atoms with Gasteiger partial charge in [-0.1, -0.05) is 29.8 Å². The maximum absolute atomic E-state index is 11.9. The molecule has 1 aliphatic heterocycles. The number of carbonyl (C=O) groups excluding carboxylic acids is 2. The second-order valence-corrected chi connectivity index (χ2v) is 6.24. The molecule has 5 heteroatoms. The molecule has 0 unspecified atom stereocenters. The van der Waals surface area contributed by atoms with Crippen LogP contribution in [-0.2, 0) is 22.4 Å². The summed E-state index contributed by atoms with van der Waals surface area (Å²) in [7, 11) is 0. The summed E-state index contributed by atoms with van der Waals surface area (Å²) in [6.45, 7) is 2.58. The van der Waals surface area contributed by atoms with Crippen LogP contribution < -0.4 is 15.4 Å². The highest BCUT2D eigenvalue weighted by Crippen LogP contribution is 2.23. The third kappa shape index (κ3) is 4.83. The summed E-state index contributed by atoms with van der Waals surface area (Å²) >= 11 is 0. The summed E-state index contributed by atoms with van der Waals surface area (Å²) < 4.78 is 5.46. The third-order valence-corrected chi connectivity index (χ3v) is 4.19. The second kappa shape index (κ2) is 7.83. The van der Waals surface area contributed by atoms with Gasteiger partial charge in [-0.2, -0.15) is 0 Å². The summed E-state index contributed by atoms with van der Waals surface area (Å²) in [4.78, 5) is 23.2. The predicted octanol–water partition coefficient (Wildman–Crippen LogP) is 2.62. The van der Waals surface area contributed by atoms with E-state index in [0.29, 0.717) is 18.7 Å². The number of aryl methyl sites for hydroxylation is 2. The molecule has 5 nitrogen and oxygen atoms in total. The van der Waals surface area contributed by atoms with Crippen molar-refractivity contribution < 1.29 is 14.3 Å². The summed E-state index contributed by atoms with van der Waals surface area (Å²) in [5.74, 6) is 0.629. The van der Waals surface area contributed by atoms with Crippen LogP contribution in [0.5, 0.6) is 5.75 Å². The lowest BCUT2D eigenvalue weighted by Crippen LogP contribution is -2.30. The van der Waals surface area contributed by atoms with Crippen molar-refractivity contribution in [2.45, 2.75) is 26.2 Å². The number of fused-ring (bicyclic) bond motifs is 1. The van der Waals surface area contributed by atoms with Gasteiger partial charge in [0.1, 0.15) is 5.75 Å². The van der Waals surface area contributed by atoms with E-state index in [9.17, 15) is 9.59 Å². The van der Waals surface area contributed by atoms with E-state index >= 15 is 0 Å². The van der Waals surface area contributed by atoms with E-state index in [4.69, 9.17) is 4.74 Å². The molecule has 0 aromatic heterocycles. The number of benzene rings is 2. The van der Waals surface area contributed by atoms with Crippen molar-refractivity contribution in [3.63, 3.8) is 0 Å². The highest BCUT2D eigenvalue weighted by atomic mass is 16.5. The number of amides is 2. The minimum atomic E-state index is -0.134. The summed E-state index contributed by atoms with van der Waals surface area (Å²) in [5, 5.41) is 5.74. The van der Waals surface area contributed by atoms with Crippen LogP contribution in [0, 0.1) is 6.92 Å². The Hall–Kier alpha value is -2.82. The van der Waals surface area contributed by atoms with Crippen LogP contribution in [0.15, 0.2) is 42.5 Å². The monoisotopic (exact) mass is 338 g/mol. The average Bonchev–Trinajstić information content (AvgIpc) is 2.61. The first kappa shape index (κ1) is 17.0. The molecule has 2 aromatic carbocycles. The van der Waals surface area contributed by atoms with Gasteiger partial charge in [0.25, 0.3) is 5.91 Å². The van der Waals surface area contributed by atoms with Crippen molar-refractivity contribution in [1.82, 2.24) is 5.32 Å². The van der Waals surface area contributed by atoms with Crippen molar-refractivity contribution in [3.05, 3.63) is 59.2 Å². The number of ether oxygens (including phenoxy) is 1. The smallest absolute Gasteiger partial charge is 0.257 e. The zero-order chi connectivity index (χ0) is 17.6. The van der Waals surface area contributed by atoms with Gasteiger partial charge in [-0.3, -0.25) is 9.59 Å². The van der Waals surface area contributed by atoms with Crippen LogP contribution in [-0.4, -0.2) is 25.0 Å². The Morgan fingerprint density at radius 1 is 1.16 bits per heavy atom. The average molecular weight is 338 g/mol. The normalized spacial score (nSPS) is 12.9. The molecule has 2 N–H and O–H groups in total. The van der Waals surface area contributed by atoms with Gasteiger partial charge < -0.3 is 15.4 Å². The molecule has 2 aromatic rings. The van der Waals surface area contributed by atoms with E-state index < -0.39 is 0 Å². The quantitative estimate of drug-likeness (QED) is 0.851. The Morgan fingerprint density at radius 2 is 1.96 bits per heavy atom. The first-order chi connectivity index (χ1) is 12.1. The van der Waals surface area contributed by atoms with E-state index in [1.54, 1.807) is 0 Å². The molecule has 2 amide bonds. The predicted molar refractivity (Wildman–Crippen MR) is 96.8 cm³/mol. The summed E-state index contributed by atoms with van der Waals surface area (Å²) in [6.07, 6.45) is 2.05.